The molecule has 0 fully saturated rings. The van der Waals surface area contributed by atoms with E-state index in [9.17, 15) is 13.0 Å². The van der Waals surface area contributed by atoms with Crippen LogP contribution in [0.1, 0.15) is 16.7 Å². The molecule has 4 nitrogen and oxygen atoms in total. The smallest absolute Gasteiger partial charge is 0.145 e. The van der Waals surface area contributed by atoms with Crippen LogP contribution in [0.5, 0.6) is 0 Å². The van der Waals surface area contributed by atoms with Crippen LogP contribution in [0.25, 0.3) is 16.3 Å². The summed E-state index contributed by atoms with van der Waals surface area (Å²) in [6.45, 7) is 1.82. The van der Waals surface area contributed by atoms with Gasteiger partial charge in [0.2, 0.25) is 0 Å². The highest BCUT2D eigenvalue weighted by molar-refractivity contribution is 7.85. The fourth-order valence-electron chi connectivity index (χ4n) is 3.94. The number of aryl methyl sites for hydroxylation is 1. The lowest BCUT2D eigenvalue weighted by Gasteiger charge is -2.21. The lowest BCUT2D eigenvalue weighted by Crippen LogP contribution is -2.31. The summed E-state index contributed by atoms with van der Waals surface area (Å²) in [5, 5.41) is 2.62. The van der Waals surface area contributed by atoms with Crippen molar-refractivity contribution in [3.63, 3.8) is 0 Å². The van der Waals surface area contributed by atoms with E-state index >= 15 is 0 Å². The van der Waals surface area contributed by atoms with E-state index < -0.39 is 10.1 Å². The zero-order valence-electron chi connectivity index (χ0n) is 18.3. The van der Waals surface area contributed by atoms with Crippen molar-refractivity contribution in [2.75, 3.05) is 14.1 Å². The van der Waals surface area contributed by atoms with Crippen molar-refractivity contribution < 1.29 is 13.0 Å². The fraction of sp³-hybridized carbons (Fsp3) is 0.111. The third-order valence-corrected chi connectivity index (χ3v) is 6.47. The molecule has 32 heavy (non-hydrogen) atoms. The summed E-state index contributed by atoms with van der Waals surface area (Å²) in [5.74, 6) is 0. The van der Waals surface area contributed by atoms with Crippen molar-refractivity contribution in [3.05, 3.63) is 114 Å². The van der Waals surface area contributed by atoms with Gasteiger partial charge in [-0.15, -0.1) is 0 Å². The van der Waals surface area contributed by atoms with E-state index in [1.54, 1.807) is 12.1 Å². The van der Waals surface area contributed by atoms with Crippen molar-refractivity contribution >= 4 is 32.2 Å². The molecule has 0 radical (unpaired) electrons. The average Bonchev–Trinajstić information content (AvgIpc) is 3.03. The van der Waals surface area contributed by atoms with Crippen molar-refractivity contribution in [1.29, 1.82) is 0 Å². The number of nitrogens with zero attached hydrogens (tertiary/aromatic N) is 1. The number of rotatable bonds is 2. The van der Waals surface area contributed by atoms with Crippen LogP contribution >= 0.6 is 0 Å². The molecule has 1 aliphatic rings. The van der Waals surface area contributed by atoms with Gasteiger partial charge in [-0.2, -0.15) is 0 Å². The topological polar surface area (TPSA) is 57.2 Å². The highest BCUT2D eigenvalue weighted by Gasteiger charge is 2.32. The minimum atomic E-state index is -4.27. The van der Waals surface area contributed by atoms with E-state index in [2.05, 4.69) is 87.0 Å². The first-order valence-corrected chi connectivity index (χ1v) is 11.7. The molecule has 5 rings (SSSR count). The van der Waals surface area contributed by atoms with E-state index in [1.165, 1.54) is 45.3 Å². The van der Waals surface area contributed by atoms with Crippen LogP contribution in [0, 0.1) is 6.92 Å². The second-order valence-corrected chi connectivity index (χ2v) is 9.81. The molecular formula is C27H25NO3S. The van der Waals surface area contributed by atoms with Gasteiger partial charge >= 0.3 is 0 Å². The molecule has 0 atom stereocenters. The third-order valence-electron chi connectivity index (χ3n) is 5.62. The summed E-state index contributed by atoms with van der Waals surface area (Å²) in [4.78, 5) is -0.178. The molecule has 162 valence electrons. The largest absolute Gasteiger partial charge is 0.744 e. The zero-order valence-corrected chi connectivity index (χ0v) is 19.1. The fourth-order valence-corrected chi connectivity index (χ4v) is 4.40. The molecule has 0 aromatic heterocycles. The first kappa shape index (κ1) is 22.0. The van der Waals surface area contributed by atoms with Gasteiger partial charge in [0.25, 0.3) is 0 Å². The maximum Gasteiger partial charge on any atom is 0.145 e. The Bertz CT molecular complexity index is 1400. The minimum Gasteiger partial charge on any atom is -0.744 e. The van der Waals surface area contributed by atoms with Gasteiger partial charge in [0.05, 0.1) is 19.0 Å². The van der Waals surface area contributed by atoms with Crippen LogP contribution in [0.2, 0.25) is 0 Å². The molecule has 0 bridgehead atoms. The van der Waals surface area contributed by atoms with Crippen molar-refractivity contribution in [1.82, 2.24) is 4.48 Å². The predicted molar refractivity (Wildman–Crippen MR) is 130 cm³/mol. The van der Waals surface area contributed by atoms with Crippen LogP contribution in [0.3, 0.4) is 0 Å². The van der Waals surface area contributed by atoms with Gasteiger partial charge in [0.1, 0.15) is 22.0 Å². The standard InChI is InChI=1S/C20H18N.C7H8O3S/c1-21(2)14-19(15-8-4-3-5-9-15)18-12-16-10-6-7-11-17(16)13-20(18)21;1-6-2-4-7(5-3-6)11(8,9)10/h3-14H,1-2H3;2-5H,1H3,(H,8,9,10)/q+1;/p-1. The van der Waals surface area contributed by atoms with Gasteiger partial charge in [-0.1, -0.05) is 72.3 Å². The predicted octanol–water partition coefficient (Wildman–Crippen LogP) is 5.71. The summed E-state index contributed by atoms with van der Waals surface area (Å²) in [5.41, 5.74) is 6.27. The van der Waals surface area contributed by atoms with Crippen LogP contribution in [-0.2, 0) is 10.1 Å². The number of hydrogen-bond donors (Lipinski definition) is 0. The Morgan fingerprint density at radius 3 is 1.91 bits per heavy atom. The maximum atomic E-state index is 10.4. The highest BCUT2D eigenvalue weighted by Crippen LogP contribution is 2.43. The van der Waals surface area contributed by atoms with Crippen LogP contribution in [0.15, 0.2) is 102 Å². The quantitative estimate of drug-likeness (QED) is 0.295. The first-order chi connectivity index (χ1) is 15.1. The van der Waals surface area contributed by atoms with E-state index in [-0.39, 0.29) is 4.90 Å². The van der Waals surface area contributed by atoms with Crippen LogP contribution < -0.4 is 4.48 Å². The Balaban J connectivity index is 0.000000189. The molecule has 0 unspecified atom stereocenters. The molecule has 0 spiro atoms. The minimum absolute atomic E-state index is 0.178. The Hall–Kier alpha value is -3.25. The molecule has 1 heterocycles. The summed E-state index contributed by atoms with van der Waals surface area (Å²) in [6, 6.07) is 29.7. The highest BCUT2D eigenvalue weighted by atomic mass is 32.2. The second-order valence-electron chi connectivity index (χ2n) is 8.43. The Kier molecular flexibility index (Phi) is 5.73. The molecule has 0 aliphatic carbocycles. The van der Waals surface area contributed by atoms with Crippen LogP contribution in [0.4, 0.5) is 5.69 Å². The lowest BCUT2D eigenvalue weighted by molar-refractivity contribution is 0.463. The monoisotopic (exact) mass is 443 g/mol. The average molecular weight is 444 g/mol. The molecule has 0 saturated carbocycles. The maximum absolute atomic E-state index is 10.4. The van der Waals surface area contributed by atoms with Gasteiger partial charge in [0.15, 0.2) is 0 Å². The number of quaternary nitrogens is 1. The summed E-state index contributed by atoms with van der Waals surface area (Å²) in [6.07, 6.45) is 2.35. The van der Waals surface area contributed by atoms with E-state index in [0.29, 0.717) is 0 Å². The SMILES string of the molecule is C[N+]1(C)C=C(c2ccccc2)c2cc3ccccc3cc21.Cc1ccc(S(=O)(=O)[O-])cc1. The van der Waals surface area contributed by atoms with E-state index in [1.807, 2.05) is 6.92 Å². The van der Waals surface area contributed by atoms with Crippen LogP contribution in [-0.4, -0.2) is 27.1 Å². The number of benzene rings is 4. The van der Waals surface area contributed by atoms with E-state index in [0.717, 1.165) is 10.0 Å². The summed E-state index contributed by atoms with van der Waals surface area (Å²) >= 11 is 0. The molecule has 0 N–H and O–H groups in total. The van der Waals surface area contributed by atoms with Gasteiger partial charge < -0.3 is 4.55 Å². The van der Waals surface area contributed by atoms with Crippen molar-refractivity contribution in [2.24, 2.45) is 0 Å². The first-order valence-electron chi connectivity index (χ1n) is 10.3. The molecule has 0 amide bonds. The molecule has 1 aliphatic heterocycles. The lowest BCUT2D eigenvalue weighted by atomic mass is 9.97. The number of fused-ring (bicyclic) bond motifs is 2. The summed E-state index contributed by atoms with van der Waals surface area (Å²) < 4.78 is 32.0. The molecule has 0 saturated heterocycles. The zero-order chi connectivity index (χ0) is 22.9. The Labute approximate surface area is 189 Å². The summed E-state index contributed by atoms with van der Waals surface area (Å²) in [7, 11) is 0.210. The Morgan fingerprint density at radius 1 is 0.750 bits per heavy atom. The second kappa shape index (κ2) is 8.36. The van der Waals surface area contributed by atoms with Gasteiger partial charge in [-0.3, -0.25) is 4.48 Å². The van der Waals surface area contributed by atoms with Gasteiger partial charge in [-0.05, 0) is 41.5 Å². The van der Waals surface area contributed by atoms with Crippen molar-refractivity contribution in [2.45, 2.75) is 11.8 Å². The number of hydrogen-bond acceptors (Lipinski definition) is 3. The van der Waals surface area contributed by atoms with Gasteiger partial charge in [0, 0.05) is 17.2 Å². The van der Waals surface area contributed by atoms with Gasteiger partial charge in [-0.25, -0.2) is 8.42 Å². The molecule has 4 aromatic rings. The molecular weight excluding hydrogens is 418 g/mol. The Morgan fingerprint density at radius 2 is 1.31 bits per heavy atom. The van der Waals surface area contributed by atoms with Crippen molar-refractivity contribution in [3.8, 4) is 0 Å². The third kappa shape index (κ3) is 4.50. The molecule has 5 heteroatoms. The molecule has 4 aromatic carbocycles. The normalized spacial score (nSPS) is 14.3. The van der Waals surface area contributed by atoms with E-state index in [4.69, 9.17) is 0 Å².